The molecule has 4 rings (SSSR count). The van der Waals surface area contributed by atoms with Gasteiger partial charge in [0.2, 0.25) is 0 Å². The molecule has 0 fully saturated rings. The van der Waals surface area contributed by atoms with Crippen LogP contribution in [-0.4, -0.2) is 73.9 Å². The smallest absolute Gasteiger partial charge is 0.338 e. The molecule has 0 radical (unpaired) electrons. The fourth-order valence-corrected chi connectivity index (χ4v) is 4.38. The van der Waals surface area contributed by atoms with Crippen molar-refractivity contribution < 1.29 is 57.2 Å². The number of esters is 6. The molecule has 0 heterocycles. The second-order valence-electron chi connectivity index (χ2n) is 11.3. The molecule has 0 saturated heterocycles. The summed E-state index contributed by atoms with van der Waals surface area (Å²) in [6.45, 7) is 3.99. The molecule has 3 atom stereocenters. The first kappa shape index (κ1) is 37.5. The lowest BCUT2D eigenvalue weighted by molar-refractivity contribution is 0.00367. The zero-order valence-corrected chi connectivity index (χ0v) is 28.1. The molecule has 51 heavy (non-hydrogen) atoms. The van der Waals surface area contributed by atoms with Gasteiger partial charge in [-0.05, 0) is 81.4 Å². The van der Waals surface area contributed by atoms with Crippen molar-refractivity contribution in [1.29, 1.82) is 0 Å². The van der Waals surface area contributed by atoms with Crippen LogP contribution in [0.4, 0.5) is 0 Å². The SMILES string of the molecule is CC(COC(=O)c1cccc(C(=O)OC(C)COC(=O)c2cccc(C(=O)OC(C)COC(=O)c3ccccc3)c2)c1)OC(=O)c1ccccc1. The third-order valence-corrected chi connectivity index (χ3v) is 6.96. The quantitative estimate of drug-likeness (QED) is 0.107. The molecule has 4 aromatic carbocycles. The van der Waals surface area contributed by atoms with Crippen LogP contribution in [0.3, 0.4) is 0 Å². The van der Waals surface area contributed by atoms with Crippen molar-refractivity contribution in [2.24, 2.45) is 0 Å². The minimum atomic E-state index is -0.871. The van der Waals surface area contributed by atoms with Gasteiger partial charge in [0.1, 0.15) is 38.1 Å². The van der Waals surface area contributed by atoms with E-state index in [1.165, 1.54) is 55.5 Å². The number of ether oxygens (including phenoxy) is 6. The fourth-order valence-electron chi connectivity index (χ4n) is 4.38. The summed E-state index contributed by atoms with van der Waals surface area (Å²) in [5.41, 5.74) is 0.997. The van der Waals surface area contributed by atoms with Crippen LogP contribution in [0.5, 0.6) is 0 Å². The van der Waals surface area contributed by atoms with E-state index in [4.69, 9.17) is 28.4 Å². The average Bonchev–Trinajstić information content (AvgIpc) is 3.15. The molecule has 12 nitrogen and oxygen atoms in total. The maximum absolute atomic E-state index is 12.8. The van der Waals surface area contributed by atoms with Gasteiger partial charge in [0.05, 0.1) is 33.4 Å². The maximum Gasteiger partial charge on any atom is 0.338 e. The Balaban J connectivity index is 1.21. The van der Waals surface area contributed by atoms with Crippen LogP contribution in [-0.2, 0) is 28.4 Å². The minimum absolute atomic E-state index is 0.0569. The Bertz CT molecular complexity index is 1840. The molecule has 12 heteroatoms. The van der Waals surface area contributed by atoms with Gasteiger partial charge in [-0.25, -0.2) is 28.8 Å². The van der Waals surface area contributed by atoms with Gasteiger partial charge in [-0.3, -0.25) is 0 Å². The molecule has 4 aromatic rings. The highest BCUT2D eigenvalue weighted by Crippen LogP contribution is 2.14. The van der Waals surface area contributed by atoms with Crippen molar-refractivity contribution in [2.45, 2.75) is 39.1 Å². The van der Waals surface area contributed by atoms with Crippen LogP contribution in [0.2, 0.25) is 0 Å². The fraction of sp³-hybridized carbons (Fsp3) is 0.231. The zero-order chi connectivity index (χ0) is 36.8. The molecular weight excluding hydrogens is 660 g/mol. The number of carbonyl (C=O) groups excluding carboxylic acids is 6. The molecule has 0 aliphatic rings. The monoisotopic (exact) mass is 696 g/mol. The molecule has 0 aromatic heterocycles. The Morgan fingerprint density at radius 1 is 0.373 bits per heavy atom. The van der Waals surface area contributed by atoms with Crippen molar-refractivity contribution >= 4 is 35.8 Å². The van der Waals surface area contributed by atoms with E-state index in [0.29, 0.717) is 11.1 Å². The molecule has 0 bridgehead atoms. The molecule has 0 spiro atoms. The Morgan fingerprint density at radius 2 is 0.627 bits per heavy atom. The van der Waals surface area contributed by atoms with Gasteiger partial charge in [0.15, 0.2) is 0 Å². The maximum atomic E-state index is 12.8. The van der Waals surface area contributed by atoms with Gasteiger partial charge in [-0.1, -0.05) is 48.5 Å². The average molecular weight is 697 g/mol. The molecule has 0 aliphatic heterocycles. The molecule has 0 saturated carbocycles. The van der Waals surface area contributed by atoms with Crippen LogP contribution in [0.25, 0.3) is 0 Å². The van der Waals surface area contributed by atoms with Gasteiger partial charge >= 0.3 is 35.8 Å². The van der Waals surface area contributed by atoms with Crippen molar-refractivity contribution in [3.8, 4) is 0 Å². The first-order valence-corrected chi connectivity index (χ1v) is 15.9. The highest BCUT2D eigenvalue weighted by atomic mass is 16.6. The van der Waals surface area contributed by atoms with E-state index in [-0.39, 0.29) is 42.1 Å². The predicted molar refractivity (Wildman–Crippen MR) is 181 cm³/mol. The third kappa shape index (κ3) is 11.7. The van der Waals surface area contributed by atoms with Crippen molar-refractivity contribution in [2.75, 3.05) is 19.8 Å². The zero-order valence-electron chi connectivity index (χ0n) is 28.1. The van der Waals surface area contributed by atoms with Gasteiger partial charge in [0.25, 0.3) is 0 Å². The first-order chi connectivity index (χ1) is 24.5. The topological polar surface area (TPSA) is 158 Å². The van der Waals surface area contributed by atoms with E-state index in [1.54, 1.807) is 74.5 Å². The van der Waals surface area contributed by atoms with E-state index in [1.807, 2.05) is 0 Å². The normalized spacial score (nSPS) is 12.3. The molecular formula is C39H36O12. The Morgan fingerprint density at radius 3 is 0.980 bits per heavy atom. The Hall–Kier alpha value is -6.30. The standard InChI is InChI=1S/C39H36O12/c1-25(49-37(43)29-14-8-5-9-15-29)23-47-35(41)30-16-10-19-33(20-30)39(45)51-27(3)24-48-36(42)31-17-11-18-32(21-31)38(44)50-26(2)22-46-34(40)28-12-6-4-7-13-28/h4-21,25-27H,22-24H2,1-3H3. The molecule has 0 N–H and O–H groups in total. The van der Waals surface area contributed by atoms with Gasteiger partial charge in [0, 0.05) is 0 Å². The summed E-state index contributed by atoms with van der Waals surface area (Å²) in [5, 5.41) is 0. The second kappa shape index (κ2) is 18.5. The van der Waals surface area contributed by atoms with Crippen molar-refractivity contribution in [1.82, 2.24) is 0 Å². The Kier molecular flexibility index (Phi) is 13.6. The van der Waals surface area contributed by atoms with E-state index in [2.05, 4.69) is 0 Å². The lowest BCUT2D eigenvalue weighted by Gasteiger charge is -2.15. The summed E-state index contributed by atoms with van der Waals surface area (Å²) in [4.78, 5) is 75.1. The number of rotatable bonds is 15. The highest BCUT2D eigenvalue weighted by molar-refractivity contribution is 5.96. The summed E-state index contributed by atoms with van der Waals surface area (Å²) < 4.78 is 31.8. The summed E-state index contributed by atoms with van der Waals surface area (Å²) in [5.74, 6) is -4.12. The van der Waals surface area contributed by atoms with Crippen LogP contribution in [0, 0.1) is 0 Å². The Labute approximate surface area is 294 Å². The molecule has 0 amide bonds. The van der Waals surface area contributed by atoms with Gasteiger partial charge < -0.3 is 28.4 Å². The highest BCUT2D eigenvalue weighted by Gasteiger charge is 2.20. The predicted octanol–water partition coefficient (Wildman–Crippen LogP) is 5.89. The number of hydrogen-bond acceptors (Lipinski definition) is 12. The summed E-state index contributed by atoms with van der Waals surface area (Å²) in [6, 6.07) is 28.1. The number of benzene rings is 4. The van der Waals surface area contributed by atoms with Crippen LogP contribution < -0.4 is 0 Å². The van der Waals surface area contributed by atoms with E-state index < -0.39 is 54.1 Å². The van der Waals surface area contributed by atoms with Gasteiger partial charge in [-0.2, -0.15) is 0 Å². The largest absolute Gasteiger partial charge is 0.458 e. The lowest BCUT2D eigenvalue weighted by atomic mass is 10.1. The summed E-state index contributed by atoms with van der Waals surface area (Å²) >= 11 is 0. The molecule has 0 aliphatic carbocycles. The van der Waals surface area contributed by atoms with Crippen molar-refractivity contribution in [3.05, 3.63) is 143 Å². The van der Waals surface area contributed by atoms with Crippen LogP contribution >= 0.6 is 0 Å². The van der Waals surface area contributed by atoms with Crippen LogP contribution in [0.15, 0.2) is 109 Å². The summed E-state index contributed by atoms with van der Waals surface area (Å²) in [7, 11) is 0. The van der Waals surface area contributed by atoms with E-state index in [9.17, 15) is 28.8 Å². The lowest BCUT2D eigenvalue weighted by Crippen LogP contribution is -2.24. The van der Waals surface area contributed by atoms with Gasteiger partial charge in [-0.15, -0.1) is 0 Å². The number of hydrogen-bond donors (Lipinski definition) is 0. The first-order valence-electron chi connectivity index (χ1n) is 15.9. The second-order valence-corrected chi connectivity index (χ2v) is 11.3. The minimum Gasteiger partial charge on any atom is -0.458 e. The van der Waals surface area contributed by atoms with Crippen LogP contribution in [0.1, 0.15) is 82.9 Å². The van der Waals surface area contributed by atoms with Crippen molar-refractivity contribution in [3.63, 3.8) is 0 Å². The van der Waals surface area contributed by atoms with E-state index >= 15 is 0 Å². The van der Waals surface area contributed by atoms with E-state index in [0.717, 1.165) is 0 Å². The molecule has 3 unspecified atom stereocenters. The molecule has 264 valence electrons. The summed E-state index contributed by atoms with van der Waals surface area (Å²) in [6.07, 6.45) is -2.35. The third-order valence-electron chi connectivity index (χ3n) is 6.96. The number of carbonyl (C=O) groups is 6.